The van der Waals surface area contributed by atoms with Crippen LogP contribution in [0.5, 0.6) is 5.75 Å². The highest BCUT2D eigenvalue weighted by Crippen LogP contribution is 2.44. The number of methoxy groups -OCH3 is 1. The van der Waals surface area contributed by atoms with Crippen molar-refractivity contribution in [3.05, 3.63) is 24.3 Å². The SMILES string of the molecule is CCOCCC1(CN=C(N)Nc2ccccc2OC)CCC1.I. The molecule has 130 valence electrons. The molecule has 0 saturated heterocycles. The fourth-order valence-corrected chi connectivity index (χ4v) is 2.78. The molecule has 5 nitrogen and oxygen atoms in total. The molecule has 3 N–H and O–H groups in total. The minimum Gasteiger partial charge on any atom is -0.495 e. The highest BCUT2D eigenvalue weighted by atomic mass is 127. The number of hydrogen-bond donors (Lipinski definition) is 2. The van der Waals surface area contributed by atoms with Crippen LogP contribution in [0.25, 0.3) is 0 Å². The van der Waals surface area contributed by atoms with Crippen LogP contribution in [0.15, 0.2) is 29.3 Å². The number of hydrogen-bond acceptors (Lipinski definition) is 3. The number of halogens is 1. The molecule has 0 radical (unpaired) electrons. The molecule has 1 fully saturated rings. The van der Waals surface area contributed by atoms with Crippen molar-refractivity contribution < 1.29 is 9.47 Å². The van der Waals surface area contributed by atoms with E-state index in [1.165, 1.54) is 19.3 Å². The Labute approximate surface area is 156 Å². The highest BCUT2D eigenvalue weighted by Gasteiger charge is 2.36. The van der Waals surface area contributed by atoms with Crippen molar-refractivity contribution in [2.75, 3.05) is 32.2 Å². The third kappa shape index (κ3) is 5.84. The van der Waals surface area contributed by atoms with E-state index in [-0.39, 0.29) is 29.4 Å². The highest BCUT2D eigenvalue weighted by molar-refractivity contribution is 14.0. The molecule has 1 saturated carbocycles. The molecule has 1 aromatic rings. The molecule has 2 rings (SSSR count). The third-order valence-corrected chi connectivity index (χ3v) is 4.35. The predicted molar refractivity (Wildman–Crippen MR) is 106 cm³/mol. The zero-order valence-electron chi connectivity index (χ0n) is 14.0. The van der Waals surface area contributed by atoms with Gasteiger partial charge in [0.25, 0.3) is 0 Å². The molecule has 23 heavy (non-hydrogen) atoms. The van der Waals surface area contributed by atoms with E-state index < -0.39 is 0 Å². The molecule has 0 atom stereocenters. The minimum atomic E-state index is 0. The first kappa shape index (κ1) is 20.0. The maximum Gasteiger partial charge on any atom is 0.193 e. The monoisotopic (exact) mass is 433 g/mol. The number of para-hydroxylation sites is 2. The van der Waals surface area contributed by atoms with Gasteiger partial charge in [0.05, 0.1) is 12.8 Å². The molecule has 0 aromatic heterocycles. The van der Waals surface area contributed by atoms with Gasteiger partial charge in [0.1, 0.15) is 5.75 Å². The molecule has 1 aromatic carbocycles. The van der Waals surface area contributed by atoms with E-state index in [4.69, 9.17) is 15.2 Å². The molecular weight excluding hydrogens is 405 g/mol. The van der Waals surface area contributed by atoms with E-state index in [1.807, 2.05) is 31.2 Å². The van der Waals surface area contributed by atoms with Crippen LogP contribution in [0, 0.1) is 5.41 Å². The summed E-state index contributed by atoms with van der Waals surface area (Å²) in [6.45, 7) is 4.37. The molecule has 1 aliphatic rings. The fraction of sp³-hybridized carbons (Fsp3) is 0.588. The van der Waals surface area contributed by atoms with Crippen LogP contribution in [0.4, 0.5) is 5.69 Å². The molecule has 0 amide bonds. The lowest BCUT2D eigenvalue weighted by Gasteiger charge is -2.40. The Kier molecular flexibility index (Phi) is 8.68. The van der Waals surface area contributed by atoms with Gasteiger partial charge >= 0.3 is 0 Å². The second kappa shape index (κ2) is 9.97. The second-order valence-corrected chi connectivity index (χ2v) is 5.83. The first-order valence-corrected chi connectivity index (χ1v) is 7.97. The standard InChI is InChI=1S/C17H27N3O2.HI/c1-3-22-12-11-17(9-6-10-17)13-19-16(18)20-14-7-4-5-8-15(14)21-2;/h4-5,7-8H,3,6,9-13H2,1-2H3,(H3,18,19,20);1H. The first-order chi connectivity index (χ1) is 10.7. The molecule has 0 unspecified atom stereocenters. The summed E-state index contributed by atoms with van der Waals surface area (Å²) in [5, 5.41) is 3.12. The molecular formula is C17H28IN3O2. The molecule has 0 aliphatic heterocycles. The molecule has 0 bridgehead atoms. The summed E-state index contributed by atoms with van der Waals surface area (Å²) >= 11 is 0. The van der Waals surface area contributed by atoms with Gasteiger partial charge in [-0.25, -0.2) is 0 Å². The van der Waals surface area contributed by atoms with Crippen molar-refractivity contribution in [1.29, 1.82) is 0 Å². The number of nitrogens with one attached hydrogen (secondary N) is 1. The summed E-state index contributed by atoms with van der Waals surface area (Å²) in [5.41, 5.74) is 7.14. The fourth-order valence-electron chi connectivity index (χ4n) is 2.78. The van der Waals surface area contributed by atoms with E-state index in [0.29, 0.717) is 5.96 Å². The Morgan fingerprint density at radius 2 is 2.09 bits per heavy atom. The Bertz CT molecular complexity index is 504. The Morgan fingerprint density at radius 3 is 2.70 bits per heavy atom. The van der Waals surface area contributed by atoms with E-state index in [9.17, 15) is 0 Å². The van der Waals surface area contributed by atoms with Crippen LogP contribution in [0.3, 0.4) is 0 Å². The average Bonchev–Trinajstić information content (AvgIpc) is 2.49. The zero-order chi connectivity index (χ0) is 15.8. The largest absolute Gasteiger partial charge is 0.495 e. The van der Waals surface area contributed by atoms with Crippen LogP contribution in [0.1, 0.15) is 32.6 Å². The van der Waals surface area contributed by atoms with Gasteiger partial charge in [0, 0.05) is 19.8 Å². The lowest BCUT2D eigenvalue weighted by atomic mass is 9.67. The van der Waals surface area contributed by atoms with E-state index in [2.05, 4.69) is 10.3 Å². The first-order valence-electron chi connectivity index (χ1n) is 7.97. The Balaban J connectivity index is 0.00000264. The maximum atomic E-state index is 6.02. The summed E-state index contributed by atoms with van der Waals surface area (Å²) in [7, 11) is 1.64. The molecule has 0 spiro atoms. The molecule has 0 heterocycles. The van der Waals surface area contributed by atoms with Crippen molar-refractivity contribution in [2.24, 2.45) is 16.1 Å². The van der Waals surface area contributed by atoms with Gasteiger partial charge in [0.15, 0.2) is 5.96 Å². The third-order valence-electron chi connectivity index (χ3n) is 4.35. The van der Waals surface area contributed by atoms with Gasteiger partial charge in [-0.15, -0.1) is 24.0 Å². The normalized spacial score (nSPS) is 16.2. The van der Waals surface area contributed by atoms with Crippen molar-refractivity contribution in [3.63, 3.8) is 0 Å². The predicted octanol–water partition coefficient (Wildman–Crippen LogP) is 3.64. The van der Waals surface area contributed by atoms with Gasteiger partial charge in [0.2, 0.25) is 0 Å². The van der Waals surface area contributed by atoms with Crippen molar-refractivity contribution in [3.8, 4) is 5.75 Å². The minimum absolute atomic E-state index is 0. The second-order valence-electron chi connectivity index (χ2n) is 5.83. The Hall–Kier alpha value is -1.02. The number of guanidine groups is 1. The number of aliphatic imine (C=N–C) groups is 1. The van der Waals surface area contributed by atoms with Crippen LogP contribution in [0.2, 0.25) is 0 Å². The lowest BCUT2D eigenvalue weighted by Crippen LogP contribution is -2.35. The van der Waals surface area contributed by atoms with Gasteiger partial charge in [-0.1, -0.05) is 18.6 Å². The summed E-state index contributed by atoms with van der Waals surface area (Å²) in [6, 6.07) is 7.68. The van der Waals surface area contributed by atoms with E-state index in [0.717, 1.165) is 37.6 Å². The van der Waals surface area contributed by atoms with E-state index >= 15 is 0 Å². The zero-order valence-corrected chi connectivity index (χ0v) is 16.3. The molecule has 1 aliphatic carbocycles. The van der Waals surface area contributed by atoms with Crippen LogP contribution in [-0.4, -0.2) is 32.8 Å². The van der Waals surface area contributed by atoms with Gasteiger partial charge in [-0.3, -0.25) is 4.99 Å². The molecule has 6 heteroatoms. The van der Waals surface area contributed by atoms with Crippen molar-refractivity contribution in [1.82, 2.24) is 0 Å². The summed E-state index contributed by atoms with van der Waals surface area (Å²) in [5.74, 6) is 1.20. The topological polar surface area (TPSA) is 68.9 Å². The van der Waals surface area contributed by atoms with Crippen LogP contribution < -0.4 is 15.8 Å². The van der Waals surface area contributed by atoms with Crippen LogP contribution in [-0.2, 0) is 4.74 Å². The number of benzene rings is 1. The lowest BCUT2D eigenvalue weighted by molar-refractivity contribution is 0.0610. The quantitative estimate of drug-likeness (QED) is 0.284. The number of nitrogens with two attached hydrogens (primary N) is 1. The number of rotatable bonds is 8. The van der Waals surface area contributed by atoms with Gasteiger partial charge in [-0.2, -0.15) is 0 Å². The Morgan fingerprint density at radius 1 is 1.35 bits per heavy atom. The number of nitrogens with zero attached hydrogens (tertiary/aromatic N) is 1. The number of ether oxygens (including phenoxy) is 2. The van der Waals surface area contributed by atoms with Crippen molar-refractivity contribution >= 4 is 35.6 Å². The van der Waals surface area contributed by atoms with Gasteiger partial charge < -0.3 is 20.5 Å². The maximum absolute atomic E-state index is 6.02. The summed E-state index contributed by atoms with van der Waals surface area (Å²) in [6.07, 6.45) is 4.77. The summed E-state index contributed by atoms with van der Waals surface area (Å²) < 4.78 is 10.8. The average molecular weight is 433 g/mol. The summed E-state index contributed by atoms with van der Waals surface area (Å²) in [4.78, 5) is 4.54. The van der Waals surface area contributed by atoms with Crippen molar-refractivity contribution in [2.45, 2.75) is 32.6 Å². The number of anilines is 1. The van der Waals surface area contributed by atoms with E-state index in [1.54, 1.807) is 7.11 Å². The van der Waals surface area contributed by atoms with Gasteiger partial charge in [-0.05, 0) is 43.7 Å². The van der Waals surface area contributed by atoms with Crippen LogP contribution >= 0.6 is 24.0 Å². The smallest absolute Gasteiger partial charge is 0.193 e.